The van der Waals surface area contributed by atoms with Crippen LogP contribution >= 0.6 is 0 Å². The summed E-state index contributed by atoms with van der Waals surface area (Å²) in [5.74, 6) is 0.183. The lowest BCUT2D eigenvalue weighted by Crippen LogP contribution is -2.22. The molecule has 0 saturated carbocycles. The first-order valence-electron chi connectivity index (χ1n) is 12.3. The monoisotopic (exact) mass is 520 g/mol. The molecule has 196 valence electrons. The third-order valence-corrected chi connectivity index (χ3v) is 8.00. The number of anilines is 2. The van der Waals surface area contributed by atoms with E-state index in [9.17, 15) is 4.79 Å². The van der Waals surface area contributed by atoms with Crippen LogP contribution in [0.2, 0.25) is 25.7 Å². The van der Waals surface area contributed by atoms with E-state index in [1.807, 2.05) is 56.0 Å². The Labute approximate surface area is 218 Å². The number of hydrogen-bond donors (Lipinski definition) is 2. The molecule has 0 aliphatic heterocycles. The summed E-state index contributed by atoms with van der Waals surface area (Å²) in [6, 6.07) is 8.44. The lowest BCUT2D eigenvalue weighted by Gasteiger charge is -2.16. The van der Waals surface area contributed by atoms with Crippen LogP contribution in [0.3, 0.4) is 0 Å². The molecule has 4 rings (SSSR count). The Hall–Kier alpha value is -3.63. The van der Waals surface area contributed by atoms with Crippen molar-refractivity contribution in [3.8, 4) is 17.0 Å². The number of nitrogens with zero attached hydrogens (tertiary/aromatic N) is 4. The Balaban J connectivity index is 1.75. The highest BCUT2D eigenvalue weighted by molar-refractivity contribution is 6.76. The Morgan fingerprint density at radius 1 is 1.14 bits per heavy atom. The highest BCUT2D eigenvalue weighted by Gasteiger charge is 2.22. The molecule has 0 bridgehead atoms. The minimum Gasteiger partial charge on any atom is -0.496 e. The topological polar surface area (TPSA) is 109 Å². The van der Waals surface area contributed by atoms with Crippen molar-refractivity contribution in [1.29, 1.82) is 0 Å². The summed E-state index contributed by atoms with van der Waals surface area (Å²) < 4.78 is 15.2. The Kier molecular flexibility index (Phi) is 7.42. The summed E-state index contributed by atoms with van der Waals surface area (Å²) >= 11 is 0. The summed E-state index contributed by atoms with van der Waals surface area (Å²) in [4.78, 5) is 13.5. The second-order valence-corrected chi connectivity index (χ2v) is 16.3. The average Bonchev–Trinajstić information content (AvgIpc) is 3.40. The smallest absolute Gasteiger partial charge is 0.259 e. The van der Waals surface area contributed by atoms with Gasteiger partial charge in [0.2, 0.25) is 0 Å². The van der Waals surface area contributed by atoms with Gasteiger partial charge in [-0.05, 0) is 49.2 Å². The Morgan fingerprint density at radius 2 is 1.84 bits per heavy atom. The molecule has 0 atom stereocenters. The third kappa shape index (κ3) is 5.86. The zero-order valence-corrected chi connectivity index (χ0v) is 23.7. The molecule has 2 aromatic heterocycles. The molecule has 1 amide bonds. The molecule has 9 nitrogen and oxygen atoms in total. The summed E-state index contributed by atoms with van der Waals surface area (Å²) in [5.41, 5.74) is 12.0. The summed E-state index contributed by atoms with van der Waals surface area (Å²) in [5, 5.41) is 13.0. The van der Waals surface area contributed by atoms with Crippen LogP contribution in [-0.4, -0.2) is 47.3 Å². The van der Waals surface area contributed by atoms with Crippen LogP contribution in [0.15, 0.2) is 36.7 Å². The van der Waals surface area contributed by atoms with Gasteiger partial charge in [0.05, 0.1) is 24.4 Å². The average molecular weight is 521 g/mol. The van der Waals surface area contributed by atoms with E-state index in [-0.39, 0.29) is 5.91 Å². The van der Waals surface area contributed by atoms with Crippen LogP contribution in [0.1, 0.15) is 21.5 Å². The number of nitrogen functional groups attached to an aromatic ring is 1. The van der Waals surface area contributed by atoms with E-state index in [2.05, 4.69) is 30.1 Å². The van der Waals surface area contributed by atoms with E-state index in [4.69, 9.17) is 20.3 Å². The quantitative estimate of drug-likeness (QED) is 0.178. The first kappa shape index (κ1) is 26.4. The number of hydrogen-bond acceptors (Lipinski definition) is 6. The number of rotatable bonds is 9. The standard InChI is InChI=1S/C27H36N6O3Si/c1-17-10-20(28)11-18(2)25(17)30-27(34)22-12-21-23(13-24(22)35-4)33(16-36-8-9-37(5,6)7)31-26(21)19-14-29-32(3)15-19/h10-15H,8-9,16,28H2,1-7H3,(H,30,34). The number of ether oxygens (including phenoxy) is 2. The molecule has 3 N–H and O–H groups in total. The van der Waals surface area contributed by atoms with E-state index >= 15 is 0 Å². The van der Waals surface area contributed by atoms with Gasteiger partial charge in [-0.1, -0.05) is 19.6 Å². The molecule has 0 radical (unpaired) electrons. The highest BCUT2D eigenvalue weighted by Crippen LogP contribution is 2.34. The van der Waals surface area contributed by atoms with Crippen molar-refractivity contribution in [2.45, 2.75) is 46.3 Å². The summed E-state index contributed by atoms with van der Waals surface area (Å²) in [7, 11) is 2.21. The molecular weight excluding hydrogens is 484 g/mol. The molecule has 37 heavy (non-hydrogen) atoms. The van der Waals surface area contributed by atoms with Gasteiger partial charge in [-0.15, -0.1) is 0 Å². The van der Waals surface area contributed by atoms with Gasteiger partial charge in [0.1, 0.15) is 18.2 Å². The molecular formula is C27H36N6O3Si. The molecule has 4 aromatic rings. The van der Waals surface area contributed by atoms with Crippen molar-refractivity contribution in [3.05, 3.63) is 53.3 Å². The lowest BCUT2D eigenvalue weighted by molar-refractivity contribution is 0.0818. The van der Waals surface area contributed by atoms with Gasteiger partial charge in [0, 0.05) is 56.3 Å². The first-order chi connectivity index (χ1) is 17.5. The van der Waals surface area contributed by atoms with E-state index < -0.39 is 8.07 Å². The van der Waals surface area contributed by atoms with Crippen LogP contribution in [0, 0.1) is 13.8 Å². The minimum atomic E-state index is -1.21. The van der Waals surface area contributed by atoms with Crippen LogP contribution in [0.25, 0.3) is 22.2 Å². The number of aryl methyl sites for hydroxylation is 3. The van der Waals surface area contributed by atoms with Crippen LogP contribution in [0.4, 0.5) is 11.4 Å². The maximum absolute atomic E-state index is 13.5. The molecule has 0 aliphatic carbocycles. The molecule has 0 unspecified atom stereocenters. The SMILES string of the molecule is COc1cc2c(cc1C(=O)Nc1c(C)cc(N)cc1C)c(-c1cnn(C)c1)nn2COCC[Si](C)(C)C. The largest absolute Gasteiger partial charge is 0.496 e. The van der Waals surface area contributed by atoms with Crippen LogP contribution in [0.5, 0.6) is 5.75 Å². The normalized spacial score (nSPS) is 11.8. The first-order valence-corrected chi connectivity index (χ1v) is 16.0. The van der Waals surface area contributed by atoms with Crippen molar-refractivity contribution in [1.82, 2.24) is 19.6 Å². The number of carbonyl (C=O) groups is 1. The number of carbonyl (C=O) groups excluding carboxylic acids is 1. The second kappa shape index (κ2) is 10.4. The molecule has 0 saturated heterocycles. The maximum Gasteiger partial charge on any atom is 0.259 e. The van der Waals surface area contributed by atoms with Crippen LogP contribution in [-0.2, 0) is 18.5 Å². The number of fused-ring (bicyclic) bond motifs is 1. The molecule has 2 heterocycles. The van der Waals surface area contributed by atoms with Gasteiger partial charge < -0.3 is 20.5 Å². The number of benzene rings is 2. The van der Waals surface area contributed by atoms with Crippen molar-refractivity contribution >= 4 is 36.3 Å². The molecule has 2 aromatic carbocycles. The van der Waals surface area contributed by atoms with Gasteiger partial charge in [0.25, 0.3) is 5.91 Å². The fourth-order valence-electron chi connectivity index (χ4n) is 4.31. The number of amides is 1. The fraction of sp³-hybridized carbons (Fsp3) is 0.370. The molecule has 0 aliphatic rings. The van der Waals surface area contributed by atoms with Crippen LogP contribution < -0.4 is 15.8 Å². The molecule has 0 spiro atoms. The fourth-order valence-corrected chi connectivity index (χ4v) is 5.06. The molecule has 10 heteroatoms. The van der Waals surface area contributed by atoms with Crippen molar-refractivity contribution in [2.24, 2.45) is 7.05 Å². The zero-order chi connectivity index (χ0) is 26.9. The van der Waals surface area contributed by atoms with E-state index in [0.717, 1.165) is 45.0 Å². The Bertz CT molecular complexity index is 1430. The van der Waals surface area contributed by atoms with Gasteiger partial charge in [0.15, 0.2) is 0 Å². The predicted octanol–water partition coefficient (Wildman–Crippen LogP) is 5.21. The maximum atomic E-state index is 13.5. The van der Waals surface area contributed by atoms with Gasteiger partial charge >= 0.3 is 0 Å². The van der Waals surface area contributed by atoms with E-state index in [0.29, 0.717) is 30.3 Å². The number of nitrogens with two attached hydrogens (primary N) is 1. The third-order valence-electron chi connectivity index (χ3n) is 6.30. The van der Waals surface area contributed by atoms with Gasteiger partial charge in [-0.3, -0.25) is 9.48 Å². The number of nitrogens with one attached hydrogen (secondary N) is 1. The summed E-state index contributed by atoms with van der Waals surface area (Å²) in [6.45, 7) is 11.8. The second-order valence-electron chi connectivity index (χ2n) is 10.7. The molecule has 0 fully saturated rings. The predicted molar refractivity (Wildman–Crippen MR) is 151 cm³/mol. The van der Waals surface area contributed by atoms with E-state index in [1.165, 1.54) is 0 Å². The minimum absolute atomic E-state index is 0.272. The van der Waals surface area contributed by atoms with Crippen molar-refractivity contribution in [3.63, 3.8) is 0 Å². The van der Waals surface area contributed by atoms with Gasteiger partial charge in [-0.25, -0.2) is 4.68 Å². The van der Waals surface area contributed by atoms with E-state index in [1.54, 1.807) is 18.0 Å². The Morgan fingerprint density at radius 3 is 2.43 bits per heavy atom. The van der Waals surface area contributed by atoms with Gasteiger partial charge in [-0.2, -0.15) is 10.2 Å². The number of methoxy groups -OCH3 is 1. The lowest BCUT2D eigenvalue weighted by atomic mass is 10.0. The van der Waals surface area contributed by atoms with Crippen molar-refractivity contribution < 1.29 is 14.3 Å². The number of aromatic nitrogens is 4. The zero-order valence-electron chi connectivity index (χ0n) is 22.7. The highest BCUT2D eigenvalue weighted by atomic mass is 28.3. The summed E-state index contributed by atoms with van der Waals surface area (Å²) in [6.07, 6.45) is 3.67. The van der Waals surface area contributed by atoms with Crippen molar-refractivity contribution in [2.75, 3.05) is 24.8 Å².